The van der Waals surface area contributed by atoms with Crippen molar-refractivity contribution in [1.82, 2.24) is 0 Å². The van der Waals surface area contributed by atoms with Gasteiger partial charge in [-0.05, 0) is 80.6 Å². The van der Waals surface area contributed by atoms with Crippen LogP contribution >= 0.6 is 0 Å². The average Bonchev–Trinajstić information content (AvgIpc) is 3.23. The first-order valence-electron chi connectivity index (χ1n) is 11.2. The van der Waals surface area contributed by atoms with Crippen LogP contribution in [0.3, 0.4) is 0 Å². The fraction of sp³-hybridized carbons (Fsp3) is 0.826. The lowest BCUT2D eigenvalue weighted by Gasteiger charge is -2.63. The molecule has 5 aliphatic rings. The molecule has 3 unspecified atom stereocenters. The van der Waals surface area contributed by atoms with Gasteiger partial charge in [-0.3, -0.25) is 0 Å². The van der Waals surface area contributed by atoms with Crippen LogP contribution in [0.2, 0.25) is 0 Å². The predicted molar refractivity (Wildman–Crippen MR) is 104 cm³/mol. The molecule has 0 aromatic heterocycles. The summed E-state index contributed by atoms with van der Waals surface area (Å²) in [6, 6.07) is 0. The second-order valence-electron chi connectivity index (χ2n) is 10.6. The van der Waals surface area contributed by atoms with E-state index in [1.165, 1.54) is 0 Å². The van der Waals surface area contributed by atoms with E-state index < -0.39 is 23.2 Å². The molecule has 9 atom stereocenters. The van der Waals surface area contributed by atoms with Crippen LogP contribution in [0.5, 0.6) is 0 Å². The van der Waals surface area contributed by atoms with E-state index in [1.54, 1.807) is 6.08 Å². The van der Waals surface area contributed by atoms with Gasteiger partial charge >= 0.3 is 5.97 Å². The number of aliphatic hydroxyl groups is 3. The van der Waals surface area contributed by atoms with Crippen LogP contribution in [-0.2, 0) is 14.3 Å². The van der Waals surface area contributed by atoms with E-state index in [0.29, 0.717) is 25.9 Å². The number of carbonyl (C=O) groups is 2. The Balaban J connectivity index is 1.50. The van der Waals surface area contributed by atoms with E-state index in [-0.39, 0.29) is 35.1 Å². The van der Waals surface area contributed by atoms with Gasteiger partial charge in [-0.25, -0.2) is 4.79 Å². The molecular weight excluding hydrogens is 372 g/mol. The Morgan fingerprint density at radius 1 is 1.10 bits per heavy atom. The number of esters is 1. The van der Waals surface area contributed by atoms with Crippen LogP contribution < -0.4 is 0 Å². The number of hydrogen-bond acceptors (Lipinski definition) is 6. The maximum atomic E-state index is 12.5. The first-order valence-corrected chi connectivity index (χ1v) is 11.2. The van der Waals surface area contributed by atoms with Crippen molar-refractivity contribution >= 4 is 12.3 Å². The highest BCUT2D eigenvalue weighted by Gasteiger charge is 2.69. The predicted octanol–water partition coefficient (Wildman–Crippen LogP) is 1.75. The molecule has 4 fully saturated rings. The largest absolute Gasteiger partial charge is 0.458 e. The standard InChI is InChI=1S/C23H32O6/c1-21-6-4-16-17(3-2-14-9-18(25)19(26)10-22(14,16)12-24)23(21,28)7-5-15(21)13-8-20(27)29-11-13/h8,12,14-19,25-26,28H,2-7,9-11H2,1H3/t14-,15?,16+,17+,18?,19?,21-,22-,23+/m0/s1. The van der Waals surface area contributed by atoms with Crippen LogP contribution in [0, 0.1) is 34.5 Å². The Morgan fingerprint density at radius 3 is 2.59 bits per heavy atom. The minimum Gasteiger partial charge on any atom is -0.458 e. The van der Waals surface area contributed by atoms with Gasteiger partial charge in [0.1, 0.15) is 12.9 Å². The number of cyclic esters (lactones) is 1. The van der Waals surface area contributed by atoms with Crippen molar-refractivity contribution in [2.45, 2.75) is 76.1 Å². The fourth-order valence-corrected chi connectivity index (χ4v) is 8.31. The topological polar surface area (TPSA) is 104 Å². The fourth-order valence-electron chi connectivity index (χ4n) is 8.31. The molecule has 0 bridgehead atoms. The first-order chi connectivity index (χ1) is 13.7. The molecule has 3 N–H and O–H groups in total. The molecule has 6 heteroatoms. The van der Waals surface area contributed by atoms with Crippen LogP contribution in [0.1, 0.15) is 58.3 Å². The van der Waals surface area contributed by atoms with Crippen molar-refractivity contribution < 1.29 is 29.6 Å². The number of fused-ring (bicyclic) bond motifs is 5. The maximum absolute atomic E-state index is 12.5. The van der Waals surface area contributed by atoms with Crippen molar-refractivity contribution in [3.05, 3.63) is 11.6 Å². The highest BCUT2D eigenvalue weighted by atomic mass is 16.5. The molecule has 4 aliphatic carbocycles. The van der Waals surface area contributed by atoms with Gasteiger partial charge in [0.15, 0.2) is 0 Å². The Morgan fingerprint density at radius 2 is 1.90 bits per heavy atom. The second-order valence-corrected chi connectivity index (χ2v) is 10.6. The molecule has 0 amide bonds. The summed E-state index contributed by atoms with van der Waals surface area (Å²) in [6.45, 7) is 2.48. The number of ether oxygens (including phenoxy) is 1. The summed E-state index contributed by atoms with van der Waals surface area (Å²) in [7, 11) is 0. The molecule has 0 radical (unpaired) electrons. The maximum Gasteiger partial charge on any atom is 0.331 e. The van der Waals surface area contributed by atoms with E-state index >= 15 is 0 Å². The first kappa shape index (κ1) is 19.7. The molecule has 0 aromatic rings. The summed E-state index contributed by atoms with van der Waals surface area (Å²) in [6.07, 6.45) is 6.57. The number of rotatable bonds is 2. The number of aldehydes is 1. The van der Waals surface area contributed by atoms with Gasteiger partial charge < -0.3 is 24.9 Å². The quantitative estimate of drug-likeness (QED) is 0.479. The highest BCUT2D eigenvalue weighted by Crippen LogP contribution is 2.69. The zero-order valence-corrected chi connectivity index (χ0v) is 17.0. The molecule has 1 aliphatic heterocycles. The van der Waals surface area contributed by atoms with Crippen LogP contribution in [0.4, 0.5) is 0 Å². The number of carbonyl (C=O) groups excluding carboxylic acids is 2. The van der Waals surface area contributed by atoms with Crippen molar-refractivity contribution in [1.29, 1.82) is 0 Å². The smallest absolute Gasteiger partial charge is 0.331 e. The lowest BCUT2D eigenvalue weighted by molar-refractivity contribution is -0.216. The second kappa shape index (κ2) is 6.38. The zero-order valence-electron chi connectivity index (χ0n) is 17.0. The van der Waals surface area contributed by atoms with Crippen molar-refractivity contribution in [3.8, 4) is 0 Å². The van der Waals surface area contributed by atoms with E-state index in [2.05, 4.69) is 6.92 Å². The van der Waals surface area contributed by atoms with Crippen molar-refractivity contribution in [2.24, 2.45) is 34.5 Å². The van der Waals surface area contributed by atoms with Gasteiger partial charge in [0.2, 0.25) is 0 Å². The van der Waals surface area contributed by atoms with Gasteiger partial charge in [-0.1, -0.05) is 6.92 Å². The van der Waals surface area contributed by atoms with E-state index in [1.807, 2.05) is 0 Å². The van der Waals surface area contributed by atoms with Crippen LogP contribution in [0.15, 0.2) is 11.6 Å². The zero-order chi connectivity index (χ0) is 20.6. The minimum atomic E-state index is -0.880. The van der Waals surface area contributed by atoms with Gasteiger partial charge in [0.05, 0.1) is 17.8 Å². The van der Waals surface area contributed by atoms with Gasteiger partial charge in [0, 0.05) is 16.9 Å². The van der Waals surface area contributed by atoms with Gasteiger partial charge in [0.25, 0.3) is 0 Å². The minimum absolute atomic E-state index is 0.00812. The molecule has 6 nitrogen and oxygen atoms in total. The summed E-state index contributed by atoms with van der Waals surface area (Å²) in [5, 5.41) is 32.7. The summed E-state index contributed by atoms with van der Waals surface area (Å²) in [5.74, 6) is -0.0400. The Kier molecular flexibility index (Phi) is 4.34. The molecule has 160 valence electrons. The van der Waals surface area contributed by atoms with Gasteiger partial charge in [-0.2, -0.15) is 0 Å². The monoisotopic (exact) mass is 404 g/mol. The SMILES string of the molecule is C[C@@]12CC[C@@H]3[C@@H](CC[C@H]4CC(O)C(O)C[C@]43C=O)[C@]1(O)CCC2C1=CC(=O)OC1. The Labute approximate surface area is 171 Å². The van der Waals surface area contributed by atoms with Crippen molar-refractivity contribution in [2.75, 3.05) is 6.61 Å². The normalized spacial score (nSPS) is 54.1. The third-order valence-electron chi connectivity index (χ3n) is 9.81. The number of aliphatic hydroxyl groups excluding tert-OH is 2. The molecule has 5 rings (SSSR count). The molecule has 1 heterocycles. The Hall–Kier alpha value is -1.24. The third-order valence-corrected chi connectivity index (χ3v) is 9.81. The summed E-state index contributed by atoms with van der Waals surface area (Å²) < 4.78 is 5.16. The average molecular weight is 405 g/mol. The lowest BCUT2D eigenvalue weighted by Crippen LogP contribution is -2.64. The number of hydrogen-bond donors (Lipinski definition) is 3. The Bertz CT molecular complexity index is 762. The van der Waals surface area contributed by atoms with Crippen LogP contribution in [-0.4, -0.2) is 52.0 Å². The third kappa shape index (κ3) is 2.45. The molecule has 0 spiro atoms. The molecule has 4 saturated carbocycles. The van der Waals surface area contributed by atoms with Crippen LogP contribution in [0.25, 0.3) is 0 Å². The highest BCUT2D eigenvalue weighted by molar-refractivity contribution is 5.85. The molecule has 0 saturated heterocycles. The van der Waals surface area contributed by atoms with Crippen molar-refractivity contribution in [3.63, 3.8) is 0 Å². The summed E-state index contributed by atoms with van der Waals surface area (Å²) in [4.78, 5) is 24.1. The van der Waals surface area contributed by atoms with Gasteiger partial charge in [-0.15, -0.1) is 0 Å². The molecule has 0 aromatic carbocycles. The molecular formula is C23H32O6. The molecule has 29 heavy (non-hydrogen) atoms. The van der Waals surface area contributed by atoms with E-state index in [4.69, 9.17) is 4.74 Å². The summed E-state index contributed by atoms with van der Waals surface area (Å²) in [5.41, 5.74) is -0.864. The van der Waals surface area contributed by atoms with E-state index in [0.717, 1.165) is 44.0 Å². The van der Waals surface area contributed by atoms with E-state index in [9.17, 15) is 24.9 Å². The summed E-state index contributed by atoms with van der Waals surface area (Å²) >= 11 is 0. The lowest BCUT2D eigenvalue weighted by atomic mass is 9.43.